The molecule has 2 unspecified atom stereocenters. The van der Waals surface area contributed by atoms with Gasteiger partial charge in [0.2, 0.25) is 11.8 Å². The summed E-state index contributed by atoms with van der Waals surface area (Å²) in [6.45, 7) is 3.47. The number of hydrogen-bond donors (Lipinski definition) is 4. The molecule has 0 bridgehead atoms. The Morgan fingerprint density at radius 2 is 0.804 bits per heavy atom. The zero-order chi connectivity index (χ0) is 41.2. The van der Waals surface area contributed by atoms with Crippen LogP contribution in [0.3, 0.4) is 0 Å². The molecular weight excluding hydrogens is 705 g/mol. The molecule has 0 spiro atoms. The second kappa shape index (κ2) is 42.4. The molecule has 0 fully saturated rings. The molecule has 0 aromatic heterocycles. The summed E-state index contributed by atoms with van der Waals surface area (Å²) in [7, 11) is 0. The van der Waals surface area contributed by atoms with Gasteiger partial charge in [-0.25, -0.2) is 4.79 Å². The molecule has 56 heavy (non-hydrogen) atoms. The quantitative estimate of drug-likeness (QED) is 0.0355. The zero-order valence-corrected chi connectivity index (χ0v) is 36.7. The Bertz CT molecular complexity index is 915. The van der Waals surface area contributed by atoms with Crippen molar-refractivity contribution in [3.05, 3.63) is 0 Å². The molecule has 0 aliphatic carbocycles. The van der Waals surface area contributed by atoms with Crippen molar-refractivity contribution in [2.24, 2.45) is 0 Å². The average molecular weight is 795 g/mol. The molecule has 0 rings (SSSR count). The number of carboxylic acids is 1. The van der Waals surface area contributed by atoms with E-state index in [0.717, 1.165) is 51.4 Å². The van der Waals surface area contributed by atoms with Crippen molar-refractivity contribution < 1.29 is 34.1 Å². The van der Waals surface area contributed by atoms with Crippen LogP contribution in [0.15, 0.2) is 0 Å². The molecule has 330 valence electrons. The molecule has 0 saturated heterocycles. The fourth-order valence-electron chi connectivity index (χ4n) is 7.42. The number of nitrogens with one attached hydrogen (secondary N) is 2. The van der Waals surface area contributed by atoms with Crippen molar-refractivity contribution in [1.29, 1.82) is 0 Å². The predicted octanol–water partition coefficient (Wildman–Crippen LogP) is 12.0. The van der Waals surface area contributed by atoms with Crippen molar-refractivity contribution in [3.63, 3.8) is 0 Å². The SMILES string of the molecule is CCCCCCCCCCCCCCCCCCCCCCCCCC(=O)OC(CCCCCCCC)CCCCCCC(=O)NCC(=O)NC(CO)C(=O)O. The standard InChI is InChI=1S/C47H90N2O7/c1-3-5-7-9-11-12-13-14-15-16-17-18-19-20-21-22-23-24-25-26-27-29-35-39-46(53)56-42(36-32-28-10-8-6-4-2)37-33-30-31-34-38-44(51)48-40-45(52)49-43(41-50)47(54)55/h42-43,50H,3-41H2,1-2H3,(H,48,51)(H,49,52)(H,54,55). The number of esters is 1. The maximum Gasteiger partial charge on any atom is 0.328 e. The number of carboxylic acid groups (broad SMARTS) is 1. The van der Waals surface area contributed by atoms with Gasteiger partial charge >= 0.3 is 11.9 Å². The number of aliphatic carboxylic acids is 1. The highest BCUT2D eigenvalue weighted by molar-refractivity contribution is 5.87. The van der Waals surface area contributed by atoms with Crippen LogP contribution in [0, 0.1) is 0 Å². The largest absolute Gasteiger partial charge is 0.480 e. The van der Waals surface area contributed by atoms with Gasteiger partial charge in [0.05, 0.1) is 13.2 Å². The molecule has 0 aliphatic rings. The van der Waals surface area contributed by atoms with Crippen molar-refractivity contribution >= 4 is 23.8 Å². The number of unbranched alkanes of at least 4 members (excludes halogenated alkanes) is 30. The molecule has 9 heteroatoms. The van der Waals surface area contributed by atoms with E-state index in [1.165, 1.54) is 167 Å². The Kier molecular flexibility index (Phi) is 40.8. The molecule has 0 radical (unpaired) electrons. The summed E-state index contributed by atoms with van der Waals surface area (Å²) in [4.78, 5) is 47.5. The van der Waals surface area contributed by atoms with Gasteiger partial charge in [0, 0.05) is 12.8 Å². The van der Waals surface area contributed by atoms with Crippen molar-refractivity contribution in [1.82, 2.24) is 10.6 Å². The minimum atomic E-state index is -1.38. The van der Waals surface area contributed by atoms with Crippen LogP contribution in [0.2, 0.25) is 0 Å². The molecule has 0 saturated carbocycles. The lowest BCUT2D eigenvalue weighted by Crippen LogP contribution is -2.47. The van der Waals surface area contributed by atoms with Gasteiger partial charge in [-0.05, 0) is 38.5 Å². The van der Waals surface area contributed by atoms with E-state index in [2.05, 4.69) is 24.5 Å². The van der Waals surface area contributed by atoms with Crippen LogP contribution in [0.1, 0.15) is 251 Å². The topological polar surface area (TPSA) is 142 Å². The van der Waals surface area contributed by atoms with Gasteiger partial charge in [-0.2, -0.15) is 0 Å². The summed E-state index contributed by atoms with van der Waals surface area (Å²) >= 11 is 0. The van der Waals surface area contributed by atoms with Crippen molar-refractivity contribution in [2.45, 2.75) is 264 Å². The summed E-state index contributed by atoms with van der Waals surface area (Å²) in [5.41, 5.74) is 0. The van der Waals surface area contributed by atoms with Gasteiger partial charge in [-0.1, -0.05) is 200 Å². The average Bonchev–Trinajstić information content (AvgIpc) is 3.18. The van der Waals surface area contributed by atoms with E-state index in [1.807, 2.05) is 0 Å². The number of aliphatic hydroxyl groups is 1. The summed E-state index contributed by atoms with van der Waals surface area (Å²) in [6.07, 6.45) is 44.5. The molecular formula is C47H90N2O7. The third kappa shape index (κ3) is 38.7. The fraction of sp³-hybridized carbons (Fsp3) is 0.915. The lowest BCUT2D eigenvalue weighted by molar-refractivity contribution is -0.150. The molecule has 0 aromatic rings. The van der Waals surface area contributed by atoms with E-state index in [1.54, 1.807) is 0 Å². The van der Waals surface area contributed by atoms with Crippen LogP contribution in [-0.4, -0.2) is 59.3 Å². The highest BCUT2D eigenvalue weighted by Crippen LogP contribution is 2.19. The molecule has 0 aliphatic heterocycles. The third-order valence-corrected chi connectivity index (χ3v) is 11.1. The second-order valence-corrected chi connectivity index (χ2v) is 16.6. The van der Waals surface area contributed by atoms with Gasteiger partial charge in [0.15, 0.2) is 0 Å². The molecule has 2 amide bonds. The van der Waals surface area contributed by atoms with Crippen molar-refractivity contribution in [3.8, 4) is 0 Å². The Labute approximate surface area is 344 Å². The fourth-order valence-corrected chi connectivity index (χ4v) is 7.42. The Balaban J connectivity index is 3.92. The number of ether oxygens (including phenoxy) is 1. The predicted molar refractivity (Wildman–Crippen MR) is 232 cm³/mol. The lowest BCUT2D eigenvalue weighted by Gasteiger charge is -2.18. The number of rotatable bonds is 44. The van der Waals surface area contributed by atoms with Crippen LogP contribution >= 0.6 is 0 Å². The number of carbonyl (C=O) groups is 4. The molecule has 4 N–H and O–H groups in total. The van der Waals surface area contributed by atoms with E-state index >= 15 is 0 Å². The van der Waals surface area contributed by atoms with Crippen LogP contribution in [-0.2, 0) is 23.9 Å². The minimum Gasteiger partial charge on any atom is -0.480 e. The number of amides is 2. The van der Waals surface area contributed by atoms with E-state index < -0.39 is 24.5 Å². The van der Waals surface area contributed by atoms with Crippen LogP contribution in [0.5, 0.6) is 0 Å². The van der Waals surface area contributed by atoms with Crippen LogP contribution < -0.4 is 10.6 Å². The van der Waals surface area contributed by atoms with Gasteiger partial charge < -0.3 is 25.6 Å². The normalized spacial score (nSPS) is 12.3. The van der Waals surface area contributed by atoms with Crippen LogP contribution in [0.4, 0.5) is 0 Å². The van der Waals surface area contributed by atoms with E-state index in [9.17, 15) is 19.2 Å². The monoisotopic (exact) mass is 795 g/mol. The minimum absolute atomic E-state index is 0.0337. The Morgan fingerprint density at radius 1 is 0.464 bits per heavy atom. The van der Waals surface area contributed by atoms with Gasteiger partial charge in [-0.15, -0.1) is 0 Å². The van der Waals surface area contributed by atoms with Crippen molar-refractivity contribution in [2.75, 3.05) is 13.2 Å². The van der Waals surface area contributed by atoms with Gasteiger partial charge in [0.1, 0.15) is 12.1 Å². The summed E-state index contributed by atoms with van der Waals surface area (Å²) in [6, 6.07) is -1.38. The molecule has 0 aromatic carbocycles. The first-order valence-corrected chi connectivity index (χ1v) is 23.9. The van der Waals surface area contributed by atoms with E-state index in [0.29, 0.717) is 12.8 Å². The van der Waals surface area contributed by atoms with Gasteiger partial charge in [-0.3, -0.25) is 14.4 Å². The lowest BCUT2D eigenvalue weighted by atomic mass is 10.0. The summed E-state index contributed by atoms with van der Waals surface area (Å²) < 4.78 is 5.98. The molecule has 0 heterocycles. The first-order valence-electron chi connectivity index (χ1n) is 23.9. The smallest absolute Gasteiger partial charge is 0.328 e. The zero-order valence-electron chi connectivity index (χ0n) is 36.7. The number of aliphatic hydroxyl groups excluding tert-OH is 1. The number of carbonyl (C=O) groups excluding carboxylic acids is 3. The highest BCUT2D eigenvalue weighted by atomic mass is 16.5. The maximum atomic E-state index is 12.7. The molecule has 9 nitrogen and oxygen atoms in total. The first-order chi connectivity index (χ1) is 27.3. The molecule has 2 atom stereocenters. The van der Waals surface area contributed by atoms with Crippen LogP contribution in [0.25, 0.3) is 0 Å². The maximum absolute atomic E-state index is 12.7. The Morgan fingerprint density at radius 3 is 1.16 bits per heavy atom. The first kappa shape index (κ1) is 53.8. The Hall–Kier alpha value is -2.16. The second-order valence-electron chi connectivity index (χ2n) is 16.6. The summed E-state index contributed by atoms with van der Waals surface area (Å²) in [5, 5.41) is 22.6. The highest BCUT2D eigenvalue weighted by Gasteiger charge is 2.19. The van der Waals surface area contributed by atoms with Gasteiger partial charge in [0.25, 0.3) is 0 Å². The summed E-state index contributed by atoms with van der Waals surface area (Å²) in [5.74, 6) is -2.31. The number of hydrogen-bond acceptors (Lipinski definition) is 6. The van der Waals surface area contributed by atoms with E-state index in [4.69, 9.17) is 14.9 Å². The third-order valence-electron chi connectivity index (χ3n) is 11.1. The van der Waals surface area contributed by atoms with E-state index in [-0.39, 0.29) is 30.9 Å².